The van der Waals surface area contributed by atoms with E-state index in [0.29, 0.717) is 30.0 Å². The number of hydrogen-bond donors (Lipinski definition) is 4. The summed E-state index contributed by atoms with van der Waals surface area (Å²) in [6.45, 7) is 5.08. The molecule has 4 rings (SSSR count). The van der Waals surface area contributed by atoms with Crippen LogP contribution in [0.3, 0.4) is 0 Å². The fraction of sp³-hybridized carbons (Fsp3) is 0.455. The molecule has 4 N–H and O–H groups in total. The van der Waals surface area contributed by atoms with Crippen LogP contribution in [0.15, 0.2) is 17.1 Å². The summed E-state index contributed by atoms with van der Waals surface area (Å²) in [5.41, 5.74) is -0.224. The summed E-state index contributed by atoms with van der Waals surface area (Å²) in [6.07, 6.45) is -1.20. The minimum Gasteiger partial charge on any atom is -0.487 e. The van der Waals surface area contributed by atoms with E-state index in [-0.39, 0.29) is 23.6 Å². The van der Waals surface area contributed by atoms with Crippen molar-refractivity contribution in [1.29, 1.82) is 0 Å². The van der Waals surface area contributed by atoms with Crippen molar-refractivity contribution in [2.24, 2.45) is 0 Å². The molecule has 2 aliphatic rings. The molecule has 35 heavy (non-hydrogen) atoms. The molecule has 1 saturated heterocycles. The summed E-state index contributed by atoms with van der Waals surface area (Å²) in [6, 6.07) is 0.994. The number of carbonyl (C=O) groups is 3. The number of anilines is 1. The molecular weight excluding hydrogens is 469 g/mol. The lowest BCUT2D eigenvalue weighted by atomic mass is 10.1. The van der Waals surface area contributed by atoms with Gasteiger partial charge in [-0.1, -0.05) is 0 Å². The lowest BCUT2D eigenvalue weighted by molar-refractivity contribution is -0.152. The Bertz CT molecular complexity index is 1220. The summed E-state index contributed by atoms with van der Waals surface area (Å²) in [4.78, 5) is 47.5. The van der Waals surface area contributed by atoms with Crippen molar-refractivity contribution in [3.63, 3.8) is 0 Å². The number of aliphatic hydroxyl groups excluding tert-OH is 1. The molecule has 1 unspecified atom stereocenters. The first-order valence-corrected chi connectivity index (χ1v) is 10.8. The van der Waals surface area contributed by atoms with E-state index in [1.54, 1.807) is 4.57 Å². The third kappa shape index (κ3) is 5.35. The Labute approximate surface area is 198 Å². The average molecular weight is 495 g/mol. The SMILES string of the molecule is C[C@H]1COc2c(N3CCN(C)CC3)c(F)cc3c(=O)c(C(=O)O)cn1c23.O=C(O)CC(O)C(=O)O. The highest BCUT2D eigenvalue weighted by Gasteiger charge is 2.30. The van der Waals surface area contributed by atoms with E-state index in [2.05, 4.69) is 4.90 Å². The number of pyridine rings is 1. The molecule has 190 valence electrons. The Morgan fingerprint density at radius 1 is 1.17 bits per heavy atom. The second-order valence-corrected chi connectivity index (χ2v) is 8.42. The minimum atomic E-state index is -1.79. The topological polar surface area (TPSA) is 170 Å². The normalized spacial score (nSPS) is 18.3. The van der Waals surface area contributed by atoms with Gasteiger partial charge in [0.15, 0.2) is 17.7 Å². The molecule has 0 saturated carbocycles. The molecular formula is C22H26FN3O9. The quantitative estimate of drug-likeness (QED) is 0.454. The van der Waals surface area contributed by atoms with E-state index in [4.69, 9.17) is 20.1 Å². The van der Waals surface area contributed by atoms with Crippen LogP contribution in [0, 0.1) is 5.82 Å². The zero-order valence-corrected chi connectivity index (χ0v) is 19.1. The lowest BCUT2D eigenvalue weighted by Crippen LogP contribution is -2.45. The number of aliphatic hydroxyl groups is 1. The lowest BCUT2D eigenvalue weighted by Gasteiger charge is -2.37. The second kappa shape index (κ2) is 10.3. The number of rotatable bonds is 5. The minimum absolute atomic E-state index is 0.0434. The number of carboxylic acid groups (broad SMARTS) is 3. The summed E-state index contributed by atoms with van der Waals surface area (Å²) >= 11 is 0. The first-order valence-electron chi connectivity index (χ1n) is 10.8. The first kappa shape index (κ1) is 25.9. The maximum Gasteiger partial charge on any atom is 0.341 e. The fourth-order valence-corrected chi connectivity index (χ4v) is 3.94. The highest BCUT2D eigenvalue weighted by molar-refractivity contribution is 5.97. The number of likely N-dealkylation sites (N-methyl/N-ethyl adjacent to an activating group) is 1. The maximum atomic E-state index is 15.0. The molecule has 2 atom stereocenters. The van der Waals surface area contributed by atoms with Crippen LogP contribution in [0.2, 0.25) is 0 Å². The highest BCUT2D eigenvalue weighted by Crippen LogP contribution is 2.42. The third-order valence-corrected chi connectivity index (χ3v) is 5.84. The molecule has 3 heterocycles. The molecule has 1 aromatic heterocycles. The van der Waals surface area contributed by atoms with Gasteiger partial charge in [-0.3, -0.25) is 9.59 Å². The van der Waals surface area contributed by atoms with Crippen LogP contribution in [0.25, 0.3) is 10.9 Å². The zero-order chi connectivity index (χ0) is 26.0. The average Bonchev–Trinajstić information content (AvgIpc) is 2.78. The molecule has 1 aromatic carbocycles. The van der Waals surface area contributed by atoms with Gasteiger partial charge in [-0.05, 0) is 20.0 Å². The van der Waals surface area contributed by atoms with Crippen molar-refractivity contribution in [2.75, 3.05) is 44.7 Å². The number of ether oxygens (including phenoxy) is 1. The summed E-state index contributed by atoms with van der Waals surface area (Å²) < 4.78 is 22.6. The summed E-state index contributed by atoms with van der Waals surface area (Å²) in [7, 11) is 2.02. The van der Waals surface area contributed by atoms with Crippen LogP contribution in [-0.4, -0.2) is 93.7 Å². The van der Waals surface area contributed by atoms with Crippen molar-refractivity contribution in [1.82, 2.24) is 9.47 Å². The van der Waals surface area contributed by atoms with Crippen molar-refractivity contribution in [3.05, 3.63) is 33.9 Å². The Balaban J connectivity index is 0.000000327. The smallest absolute Gasteiger partial charge is 0.341 e. The largest absolute Gasteiger partial charge is 0.487 e. The van der Waals surface area contributed by atoms with Gasteiger partial charge in [0, 0.05) is 32.4 Å². The second-order valence-electron chi connectivity index (χ2n) is 8.42. The number of aliphatic carboxylic acids is 2. The molecule has 12 nitrogen and oxygen atoms in total. The fourth-order valence-electron chi connectivity index (χ4n) is 3.94. The molecule has 0 amide bonds. The van der Waals surface area contributed by atoms with Gasteiger partial charge in [-0.25, -0.2) is 14.0 Å². The number of halogens is 1. The van der Waals surface area contributed by atoms with Crippen molar-refractivity contribution in [3.8, 4) is 5.75 Å². The van der Waals surface area contributed by atoms with E-state index < -0.39 is 41.7 Å². The van der Waals surface area contributed by atoms with Gasteiger partial charge in [-0.15, -0.1) is 0 Å². The third-order valence-electron chi connectivity index (χ3n) is 5.84. The molecule has 1 fully saturated rings. The van der Waals surface area contributed by atoms with E-state index in [1.807, 2.05) is 18.9 Å². The van der Waals surface area contributed by atoms with Crippen LogP contribution < -0.4 is 15.1 Å². The van der Waals surface area contributed by atoms with Gasteiger partial charge in [0.25, 0.3) is 0 Å². The number of aromatic nitrogens is 1. The van der Waals surface area contributed by atoms with Crippen molar-refractivity contribution in [2.45, 2.75) is 25.5 Å². The van der Waals surface area contributed by atoms with Crippen molar-refractivity contribution < 1.29 is 43.9 Å². The Morgan fingerprint density at radius 3 is 2.31 bits per heavy atom. The van der Waals surface area contributed by atoms with Crippen molar-refractivity contribution >= 4 is 34.5 Å². The Morgan fingerprint density at radius 2 is 1.80 bits per heavy atom. The number of carboxylic acids is 3. The van der Waals surface area contributed by atoms with Gasteiger partial charge in [0.05, 0.1) is 23.4 Å². The monoisotopic (exact) mass is 495 g/mol. The molecule has 2 aliphatic heterocycles. The van der Waals surface area contributed by atoms with Gasteiger partial charge < -0.3 is 39.5 Å². The van der Waals surface area contributed by atoms with Gasteiger partial charge in [0.2, 0.25) is 5.43 Å². The van der Waals surface area contributed by atoms with E-state index in [1.165, 1.54) is 6.20 Å². The molecule has 0 radical (unpaired) electrons. The molecule has 0 spiro atoms. The van der Waals surface area contributed by atoms with Crippen LogP contribution in [0.5, 0.6) is 5.75 Å². The number of benzene rings is 1. The number of hydrogen-bond acceptors (Lipinski definition) is 8. The molecule has 0 bridgehead atoms. The van der Waals surface area contributed by atoms with Gasteiger partial charge in [-0.2, -0.15) is 0 Å². The van der Waals surface area contributed by atoms with Crippen LogP contribution in [0.4, 0.5) is 10.1 Å². The van der Waals surface area contributed by atoms with Gasteiger partial charge >= 0.3 is 17.9 Å². The summed E-state index contributed by atoms with van der Waals surface area (Å²) in [5, 5.41) is 33.5. The molecule has 2 aromatic rings. The number of aromatic carboxylic acids is 1. The van der Waals surface area contributed by atoms with Crippen LogP contribution in [-0.2, 0) is 9.59 Å². The van der Waals surface area contributed by atoms with E-state index >= 15 is 0 Å². The zero-order valence-electron chi connectivity index (χ0n) is 19.1. The number of nitrogens with zero attached hydrogens (tertiary/aromatic N) is 3. The van der Waals surface area contributed by atoms with Gasteiger partial charge in [0.1, 0.15) is 17.9 Å². The first-order chi connectivity index (χ1) is 16.4. The maximum absolute atomic E-state index is 15.0. The number of piperazine rings is 1. The van der Waals surface area contributed by atoms with E-state index in [9.17, 15) is 28.7 Å². The standard InChI is InChI=1S/C18H20FN3O4.C4H6O5/c1-10-9-26-17-14-11(16(23)12(18(24)25)8-22(10)14)7-13(19)15(17)21-5-3-20(2)4-6-21;5-2(4(8)9)1-3(6)7/h7-8,10H,3-6,9H2,1-2H3,(H,24,25);2,5H,1H2,(H,6,7)(H,8,9)/t10-;/m0./s1. The predicted octanol–water partition coefficient (Wildman–Crippen LogP) is 0.451. The van der Waals surface area contributed by atoms with Crippen LogP contribution >= 0.6 is 0 Å². The Hall–Kier alpha value is -3.71. The molecule has 13 heteroatoms. The van der Waals surface area contributed by atoms with E-state index in [0.717, 1.165) is 19.2 Å². The predicted molar refractivity (Wildman–Crippen MR) is 121 cm³/mol. The highest BCUT2D eigenvalue weighted by atomic mass is 19.1. The summed E-state index contributed by atoms with van der Waals surface area (Å²) in [5.74, 6) is -4.39. The Kier molecular flexibility index (Phi) is 7.60. The van der Waals surface area contributed by atoms with Crippen LogP contribution in [0.1, 0.15) is 29.7 Å². The molecule has 0 aliphatic carbocycles.